The molecule has 0 saturated heterocycles. The maximum Gasteiger partial charge on any atom is 0.287 e. The number of benzene rings is 2. The van der Waals surface area contributed by atoms with Crippen molar-refractivity contribution in [2.45, 2.75) is 105 Å². The number of aryl methyl sites for hydroxylation is 1. The molecule has 1 N–H and O–H groups in total. The molecular formula is C46H61ClN2O4. The van der Waals surface area contributed by atoms with E-state index in [1.807, 2.05) is 63.2 Å². The molecule has 0 bridgehead atoms. The fraction of sp³-hybridized carbons (Fsp3) is 0.457. The van der Waals surface area contributed by atoms with Crippen LogP contribution in [0, 0.1) is 12.8 Å². The van der Waals surface area contributed by atoms with E-state index in [4.69, 9.17) is 16.0 Å². The van der Waals surface area contributed by atoms with Crippen molar-refractivity contribution in [1.82, 2.24) is 10.2 Å². The van der Waals surface area contributed by atoms with Crippen molar-refractivity contribution >= 4 is 34.8 Å². The third-order valence-corrected chi connectivity index (χ3v) is 10.1. The van der Waals surface area contributed by atoms with Gasteiger partial charge < -0.3 is 19.4 Å². The smallest absolute Gasteiger partial charge is 0.287 e. The second kappa shape index (κ2) is 23.6. The van der Waals surface area contributed by atoms with Crippen LogP contribution < -0.4 is 10.7 Å². The van der Waals surface area contributed by atoms with Crippen molar-refractivity contribution in [2.75, 3.05) is 26.7 Å². The molecule has 5 rings (SSSR count). The maximum atomic E-state index is 12.8. The van der Waals surface area contributed by atoms with Crippen LogP contribution in [0.15, 0.2) is 105 Å². The van der Waals surface area contributed by atoms with Crippen LogP contribution in [0.5, 0.6) is 0 Å². The molecular weight excluding hydrogens is 680 g/mol. The van der Waals surface area contributed by atoms with Gasteiger partial charge in [-0.05, 0) is 125 Å². The zero-order valence-corrected chi connectivity index (χ0v) is 33.6. The summed E-state index contributed by atoms with van der Waals surface area (Å²) in [5, 5.41) is 4.24. The van der Waals surface area contributed by atoms with Gasteiger partial charge in [0.05, 0.1) is 5.39 Å². The highest BCUT2D eigenvalue weighted by molar-refractivity contribution is 6.30. The number of likely N-dealkylation sites (N-methyl/N-ethyl adjacent to an activating group) is 1. The van der Waals surface area contributed by atoms with Gasteiger partial charge in [0.2, 0.25) is 0 Å². The fourth-order valence-electron chi connectivity index (χ4n) is 6.88. The van der Waals surface area contributed by atoms with Gasteiger partial charge in [-0.15, -0.1) is 0 Å². The largest absolute Gasteiger partial charge is 0.451 e. The highest BCUT2D eigenvalue weighted by Crippen LogP contribution is 2.36. The van der Waals surface area contributed by atoms with Crippen molar-refractivity contribution in [3.8, 4) is 0 Å². The molecule has 0 aliphatic heterocycles. The summed E-state index contributed by atoms with van der Waals surface area (Å²) < 4.78 is 5.84. The molecule has 1 atom stereocenters. The molecule has 0 radical (unpaired) electrons. The lowest BCUT2D eigenvalue weighted by Crippen LogP contribution is -2.25. The zero-order chi connectivity index (χ0) is 38.6. The molecule has 6 nitrogen and oxygen atoms in total. The molecule has 1 aromatic heterocycles. The lowest BCUT2D eigenvalue weighted by molar-refractivity contribution is -0.107. The zero-order valence-electron chi connectivity index (χ0n) is 32.9. The summed E-state index contributed by atoms with van der Waals surface area (Å²) in [5.74, 6) is 0.597. The van der Waals surface area contributed by atoms with Crippen LogP contribution in [0.25, 0.3) is 11.0 Å². The monoisotopic (exact) mass is 740 g/mol. The van der Waals surface area contributed by atoms with E-state index in [1.165, 1.54) is 28.3 Å². The number of amides is 1. The van der Waals surface area contributed by atoms with Gasteiger partial charge in [-0.25, -0.2) is 0 Å². The minimum atomic E-state index is -0.367. The van der Waals surface area contributed by atoms with Gasteiger partial charge in [-0.3, -0.25) is 9.59 Å². The third-order valence-electron chi connectivity index (χ3n) is 9.87. The molecule has 2 aliphatic carbocycles. The van der Waals surface area contributed by atoms with Crippen molar-refractivity contribution in [2.24, 2.45) is 5.92 Å². The van der Waals surface area contributed by atoms with Crippen LogP contribution >= 0.6 is 11.6 Å². The van der Waals surface area contributed by atoms with Gasteiger partial charge in [0.1, 0.15) is 11.9 Å². The van der Waals surface area contributed by atoms with Crippen molar-refractivity contribution in [3.05, 3.63) is 128 Å². The van der Waals surface area contributed by atoms with Crippen LogP contribution in [0.3, 0.4) is 0 Å². The molecule has 1 unspecified atom stereocenters. The first-order valence-electron chi connectivity index (χ1n) is 19.6. The number of halogens is 1. The topological polar surface area (TPSA) is 79.6 Å². The molecule has 1 fully saturated rings. The number of nitrogens with one attached hydrogen (secondary N) is 1. The lowest BCUT2D eigenvalue weighted by atomic mass is 9.79. The number of hydrogen-bond donors (Lipinski definition) is 1. The van der Waals surface area contributed by atoms with Crippen LogP contribution in [0.1, 0.15) is 120 Å². The van der Waals surface area contributed by atoms with Gasteiger partial charge >= 0.3 is 0 Å². The number of carbonyl (C=O) groups excluding carboxylic acids is 2. The number of unbranched alkanes of at least 4 members (excludes halogenated alkanes) is 2. The van der Waals surface area contributed by atoms with E-state index in [2.05, 4.69) is 61.5 Å². The Bertz CT molecular complexity index is 1750. The minimum Gasteiger partial charge on any atom is -0.451 e. The summed E-state index contributed by atoms with van der Waals surface area (Å²) in [6, 6.07) is 14.8. The van der Waals surface area contributed by atoms with Crippen molar-refractivity contribution < 1.29 is 14.0 Å². The van der Waals surface area contributed by atoms with Gasteiger partial charge in [0.15, 0.2) is 11.2 Å². The summed E-state index contributed by atoms with van der Waals surface area (Å²) in [5.41, 5.74) is 6.97. The third kappa shape index (κ3) is 14.4. The molecule has 286 valence electrons. The van der Waals surface area contributed by atoms with E-state index in [9.17, 15) is 14.4 Å². The quantitative estimate of drug-likeness (QED) is 0.101. The fourth-order valence-corrected chi connectivity index (χ4v) is 7.01. The predicted octanol–water partition coefficient (Wildman–Crippen LogP) is 11.3. The van der Waals surface area contributed by atoms with E-state index in [1.54, 1.807) is 0 Å². The van der Waals surface area contributed by atoms with E-state index in [0.717, 1.165) is 87.7 Å². The van der Waals surface area contributed by atoms with E-state index in [-0.39, 0.29) is 17.1 Å². The average Bonchev–Trinajstić information content (AvgIpc) is 3.41. The standard InChI is InChI=1S/C37H48N2O4.C7H7Cl.C2H6/c1-4-11-27(2)30-18-19-35-33(24-30)34(41)25-36(43-35)37(42)38-21-20-28-14-16-29(17-15-28)32-13-8-5-7-12-31(32)26-39(3)22-9-6-10-23-40;1-6-2-4-7(8)5-3-6;1-2/h5,7-8,13,18-20,23-25,27,29H,4,6,9-12,14-17,21-22,26H2,1-3H3,(H,38,42);2-5H,1H3;1-2H3. The Kier molecular flexibility index (Phi) is 19.3. The molecule has 2 aromatic carbocycles. The Morgan fingerprint density at radius 2 is 1.79 bits per heavy atom. The normalized spacial score (nSPS) is 15.9. The Labute approximate surface area is 323 Å². The molecule has 0 spiro atoms. The SMILES string of the molecule is CC.CCCC(C)c1ccc2oc(C(=O)NCC=C3CCC(C4=C(CN(C)CCCCC=O)CC=CC=C4)CC3)cc(=O)c2c1.Cc1ccc(Cl)cc1. The molecule has 1 saturated carbocycles. The maximum absolute atomic E-state index is 12.8. The second-order valence-corrected chi connectivity index (χ2v) is 14.4. The summed E-state index contributed by atoms with van der Waals surface area (Å²) in [6.45, 7) is 12.7. The number of rotatable bonds is 14. The van der Waals surface area contributed by atoms with Crippen LogP contribution in [0.4, 0.5) is 0 Å². The highest BCUT2D eigenvalue weighted by Gasteiger charge is 2.22. The molecule has 1 heterocycles. The molecule has 1 amide bonds. The van der Waals surface area contributed by atoms with Gasteiger partial charge in [0.25, 0.3) is 5.91 Å². The van der Waals surface area contributed by atoms with Gasteiger partial charge in [0, 0.05) is 30.6 Å². The first-order valence-corrected chi connectivity index (χ1v) is 20.0. The second-order valence-electron chi connectivity index (χ2n) is 14.0. The van der Waals surface area contributed by atoms with Gasteiger partial charge in [-0.2, -0.15) is 0 Å². The van der Waals surface area contributed by atoms with Crippen LogP contribution in [0.2, 0.25) is 5.02 Å². The summed E-state index contributed by atoms with van der Waals surface area (Å²) in [7, 11) is 2.17. The number of fused-ring (bicyclic) bond motifs is 1. The predicted molar refractivity (Wildman–Crippen MR) is 223 cm³/mol. The number of hydrogen-bond acceptors (Lipinski definition) is 5. The van der Waals surface area contributed by atoms with Crippen LogP contribution in [-0.4, -0.2) is 43.8 Å². The number of allylic oxidation sites excluding steroid dienone is 6. The molecule has 7 heteroatoms. The average molecular weight is 741 g/mol. The highest BCUT2D eigenvalue weighted by atomic mass is 35.5. The van der Waals surface area contributed by atoms with Crippen LogP contribution in [-0.2, 0) is 4.79 Å². The molecule has 3 aromatic rings. The number of aldehydes is 1. The summed E-state index contributed by atoms with van der Waals surface area (Å²) in [6.07, 6.45) is 22.0. The molecule has 2 aliphatic rings. The minimum absolute atomic E-state index is 0.0518. The Balaban J connectivity index is 0.000000660. The van der Waals surface area contributed by atoms with E-state index < -0.39 is 0 Å². The van der Waals surface area contributed by atoms with E-state index in [0.29, 0.717) is 35.8 Å². The first kappa shape index (κ1) is 43.4. The number of carbonyl (C=O) groups is 2. The first-order chi connectivity index (χ1) is 25.7. The Morgan fingerprint density at radius 1 is 1.06 bits per heavy atom. The van der Waals surface area contributed by atoms with Gasteiger partial charge in [-0.1, -0.05) is 105 Å². The van der Waals surface area contributed by atoms with E-state index >= 15 is 0 Å². The Morgan fingerprint density at radius 3 is 2.47 bits per heavy atom. The lowest BCUT2D eigenvalue weighted by Gasteiger charge is -2.28. The number of nitrogens with zero attached hydrogens (tertiary/aromatic N) is 1. The summed E-state index contributed by atoms with van der Waals surface area (Å²) >= 11 is 5.61. The summed E-state index contributed by atoms with van der Waals surface area (Å²) in [4.78, 5) is 38.7. The van der Waals surface area contributed by atoms with Crippen molar-refractivity contribution in [1.29, 1.82) is 0 Å². The van der Waals surface area contributed by atoms with Crippen molar-refractivity contribution in [3.63, 3.8) is 0 Å². The molecule has 53 heavy (non-hydrogen) atoms. The Hall–Kier alpha value is -4.00.